The van der Waals surface area contributed by atoms with Gasteiger partial charge >= 0.3 is 0 Å². The third-order valence-corrected chi connectivity index (χ3v) is 11.9. The second-order valence-electron chi connectivity index (χ2n) is 16.7. The molecule has 5 heterocycles. The Labute approximate surface area is 392 Å². The number of nitrogens with one attached hydrogen (secondary N) is 1. The van der Waals surface area contributed by atoms with E-state index in [9.17, 15) is 5.26 Å². The van der Waals surface area contributed by atoms with Crippen LogP contribution in [0.25, 0.3) is 11.1 Å². The van der Waals surface area contributed by atoms with Crippen molar-refractivity contribution < 1.29 is 47.4 Å². The molecule has 3 aromatic heterocycles. The maximum absolute atomic E-state index is 9.77. The Kier molecular flexibility index (Phi) is 20.8. The van der Waals surface area contributed by atoms with E-state index in [1.54, 1.807) is 30.3 Å². The number of hydrogen-bond donors (Lipinski definition) is 1. The zero-order valence-corrected chi connectivity index (χ0v) is 39.0. The molecule has 3 fully saturated rings. The summed E-state index contributed by atoms with van der Waals surface area (Å²) in [5.74, 6) is 1.35. The number of methoxy groups -OCH3 is 1. The van der Waals surface area contributed by atoms with Gasteiger partial charge < -0.3 is 52.7 Å². The number of morpholine rings is 1. The summed E-state index contributed by atoms with van der Waals surface area (Å²) in [7, 11) is 1.65. The maximum atomic E-state index is 9.77. The van der Waals surface area contributed by atoms with Crippen LogP contribution in [0.3, 0.4) is 0 Å². The summed E-state index contributed by atoms with van der Waals surface area (Å²) in [6.07, 6.45) is 14.2. The number of benzene rings is 1. The molecular weight excluding hydrogens is 867 g/mol. The van der Waals surface area contributed by atoms with Crippen LogP contribution in [0.5, 0.6) is 11.6 Å². The SMILES string of the molecule is COCCOCCOCCOCCOCCOCCOCCCOc1nn(C2CCC(N3[C@@H]4CC[C@H]3COC4)CC2)cc1Nc1ncc(-c2ccc(C#N)c(O[C@@H](C)Cn3cnnn3)c2)cn1. The van der Waals surface area contributed by atoms with Crippen LogP contribution in [-0.4, -0.2) is 182 Å². The summed E-state index contributed by atoms with van der Waals surface area (Å²) in [4.78, 5) is 12.1. The summed E-state index contributed by atoms with van der Waals surface area (Å²) in [5, 5.41) is 29.4. The van der Waals surface area contributed by atoms with Gasteiger partial charge in [-0.1, -0.05) is 6.07 Å². The highest BCUT2D eigenvalue weighted by Crippen LogP contribution is 2.39. The first kappa shape index (κ1) is 50.0. The van der Waals surface area contributed by atoms with Crippen LogP contribution in [0.4, 0.5) is 11.6 Å². The van der Waals surface area contributed by atoms with Gasteiger partial charge in [0.25, 0.3) is 5.88 Å². The molecule has 4 aromatic rings. The van der Waals surface area contributed by atoms with Crippen molar-refractivity contribution in [1.82, 2.24) is 44.9 Å². The fourth-order valence-electron chi connectivity index (χ4n) is 8.64. The van der Waals surface area contributed by atoms with Crippen molar-refractivity contribution in [2.24, 2.45) is 0 Å². The summed E-state index contributed by atoms with van der Waals surface area (Å²) in [6, 6.07) is 9.60. The van der Waals surface area contributed by atoms with Crippen molar-refractivity contribution in [3.05, 3.63) is 48.7 Å². The van der Waals surface area contributed by atoms with Crippen LogP contribution in [-0.2, 0) is 44.4 Å². The molecule has 1 N–H and O–H groups in total. The predicted octanol–water partition coefficient (Wildman–Crippen LogP) is 4.27. The fraction of sp³-hybridized carbons (Fsp3) is 0.674. The molecule has 1 aromatic carbocycles. The van der Waals surface area contributed by atoms with E-state index in [0.717, 1.165) is 50.0 Å². The second-order valence-corrected chi connectivity index (χ2v) is 16.7. The average molecular weight is 934 g/mol. The number of anilines is 2. The molecule has 2 aliphatic heterocycles. The molecule has 0 spiro atoms. The van der Waals surface area contributed by atoms with E-state index in [-0.39, 0.29) is 12.1 Å². The first-order valence-corrected chi connectivity index (χ1v) is 23.6. The molecule has 7 rings (SSSR count). The average Bonchev–Trinajstić information content (AvgIpc) is 4.08. The Hall–Kier alpha value is -4.89. The summed E-state index contributed by atoms with van der Waals surface area (Å²) >= 11 is 0. The van der Waals surface area contributed by atoms with E-state index < -0.39 is 0 Å². The molecule has 0 unspecified atom stereocenters. The molecular formula is C46H67N11O10. The third kappa shape index (κ3) is 15.8. The van der Waals surface area contributed by atoms with Gasteiger partial charge in [0.15, 0.2) is 0 Å². The van der Waals surface area contributed by atoms with Crippen LogP contribution >= 0.6 is 0 Å². The zero-order valence-electron chi connectivity index (χ0n) is 39.0. The third-order valence-electron chi connectivity index (χ3n) is 11.9. The summed E-state index contributed by atoms with van der Waals surface area (Å²) in [5.41, 5.74) is 2.69. The van der Waals surface area contributed by atoms with Crippen molar-refractivity contribution in [2.75, 3.05) is 118 Å². The fourth-order valence-corrected chi connectivity index (χ4v) is 8.64. The largest absolute Gasteiger partial charge is 0.487 e. The lowest BCUT2D eigenvalue weighted by molar-refractivity contribution is -0.0458. The predicted molar refractivity (Wildman–Crippen MR) is 243 cm³/mol. The Bertz CT molecular complexity index is 2020. The first-order valence-electron chi connectivity index (χ1n) is 23.6. The number of nitrogens with zero attached hydrogens (tertiary/aromatic N) is 10. The molecule has 3 atom stereocenters. The van der Waals surface area contributed by atoms with Gasteiger partial charge in [-0.25, -0.2) is 14.6 Å². The van der Waals surface area contributed by atoms with E-state index in [1.165, 1.54) is 19.2 Å². The highest BCUT2D eigenvalue weighted by molar-refractivity contribution is 5.67. The molecule has 1 aliphatic carbocycles. The normalized spacial score (nSPS) is 19.9. The van der Waals surface area contributed by atoms with Gasteiger partial charge in [-0.15, -0.1) is 10.2 Å². The molecule has 67 heavy (non-hydrogen) atoms. The lowest BCUT2D eigenvalue weighted by Crippen LogP contribution is -2.52. The summed E-state index contributed by atoms with van der Waals surface area (Å²) in [6.45, 7) is 11.1. The van der Waals surface area contributed by atoms with E-state index in [4.69, 9.17) is 52.5 Å². The van der Waals surface area contributed by atoms with E-state index in [2.05, 4.69) is 46.5 Å². The monoisotopic (exact) mass is 934 g/mol. The van der Waals surface area contributed by atoms with Crippen molar-refractivity contribution in [2.45, 2.75) is 88.7 Å². The lowest BCUT2D eigenvalue weighted by atomic mass is 9.89. The van der Waals surface area contributed by atoms with Gasteiger partial charge in [0.1, 0.15) is 29.9 Å². The molecule has 2 saturated heterocycles. The van der Waals surface area contributed by atoms with Gasteiger partial charge in [0, 0.05) is 56.2 Å². The minimum Gasteiger partial charge on any atom is -0.487 e. The van der Waals surface area contributed by atoms with Gasteiger partial charge in [0.05, 0.1) is 123 Å². The lowest BCUT2D eigenvalue weighted by Gasteiger charge is -2.43. The van der Waals surface area contributed by atoms with E-state index >= 15 is 0 Å². The molecule has 3 aliphatic rings. The van der Waals surface area contributed by atoms with Crippen LogP contribution in [0, 0.1) is 11.3 Å². The molecule has 0 amide bonds. The molecule has 21 nitrogen and oxygen atoms in total. The van der Waals surface area contributed by atoms with Crippen molar-refractivity contribution in [3.63, 3.8) is 0 Å². The van der Waals surface area contributed by atoms with Crippen LogP contribution in [0.2, 0.25) is 0 Å². The molecule has 366 valence electrons. The van der Waals surface area contributed by atoms with E-state index in [1.807, 2.05) is 25.3 Å². The number of hydrogen-bond acceptors (Lipinski definition) is 19. The van der Waals surface area contributed by atoms with Gasteiger partial charge in [-0.3, -0.25) is 9.58 Å². The van der Waals surface area contributed by atoms with Crippen LogP contribution in [0.15, 0.2) is 43.1 Å². The second kappa shape index (κ2) is 27.8. The number of ether oxygens (including phenoxy) is 10. The Morgan fingerprint density at radius 1 is 0.746 bits per heavy atom. The smallest absolute Gasteiger partial charge is 0.256 e. The highest BCUT2D eigenvalue weighted by atomic mass is 16.6. The quantitative estimate of drug-likeness (QED) is 0.0676. The Morgan fingerprint density at radius 2 is 1.34 bits per heavy atom. The Morgan fingerprint density at radius 3 is 1.94 bits per heavy atom. The standard InChI is InChI=1S/C46H67N11O10/c1-35(30-55-34-50-53-54-55)67-44-26-36(4-5-37(44)27-47)38-28-48-46(49-29-38)51-43-31-56(39-6-8-40(9-7-39)57-41-10-11-42(57)33-65-32-41)52-45(43)66-13-3-12-59-16-17-61-20-21-63-24-25-64-23-22-62-19-18-60-15-14-58-2/h4-5,26,28-29,31,34-35,39-42H,3,6-25,30,32-33H2,1-2H3,(H,48,49,51)/t35-,39?,40?,41-,42+/m0/s1. The first-order chi connectivity index (χ1) is 33.1. The number of fused-ring (bicyclic) bond motifs is 2. The van der Waals surface area contributed by atoms with Crippen LogP contribution in [0.1, 0.15) is 63.5 Å². The van der Waals surface area contributed by atoms with Gasteiger partial charge in [-0.05, 0) is 73.6 Å². The minimum atomic E-state index is -0.289. The maximum Gasteiger partial charge on any atom is 0.256 e. The van der Waals surface area contributed by atoms with Gasteiger partial charge in [0.2, 0.25) is 5.95 Å². The summed E-state index contributed by atoms with van der Waals surface area (Å²) < 4.78 is 60.2. The Balaban J connectivity index is 0.844. The number of nitriles is 1. The zero-order chi connectivity index (χ0) is 46.3. The highest BCUT2D eigenvalue weighted by Gasteiger charge is 2.42. The number of aromatic nitrogens is 8. The number of tetrazole rings is 1. The molecule has 0 radical (unpaired) electrons. The van der Waals surface area contributed by atoms with E-state index in [0.29, 0.717) is 152 Å². The molecule has 1 saturated carbocycles. The molecule has 2 bridgehead atoms. The topological polar surface area (TPSA) is 219 Å². The minimum absolute atomic E-state index is 0.259. The van der Waals surface area contributed by atoms with Gasteiger partial charge in [-0.2, -0.15) is 5.26 Å². The van der Waals surface area contributed by atoms with Crippen molar-refractivity contribution in [3.8, 4) is 28.8 Å². The van der Waals surface area contributed by atoms with Crippen molar-refractivity contribution >= 4 is 11.6 Å². The number of rotatable bonds is 32. The van der Waals surface area contributed by atoms with Crippen LogP contribution < -0.4 is 14.8 Å². The van der Waals surface area contributed by atoms with Crippen molar-refractivity contribution in [1.29, 1.82) is 5.26 Å². The molecule has 21 heteroatoms.